The van der Waals surface area contributed by atoms with Gasteiger partial charge < -0.3 is 14.7 Å². The van der Waals surface area contributed by atoms with Crippen LogP contribution < -0.4 is 5.32 Å². The van der Waals surface area contributed by atoms with Crippen LogP contribution in [-0.2, 0) is 6.54 Å². The zero-order valence-electron chi connectivity index (χ0n) is 12.2. The van der Waals surface area contributed by atoms with Gasteiger partial charge in [-0.25, -0.2) is 0 Å². The Morgan fingerprint density at radius 2 is 2.05 bits per heavy atom. The fourth-order valence-corrected chi connectivity index (χ4v) is 2.57. The van der Waals surface area contributed by atoms with E-state index in [0.717, 1.165) is 36.1 Å². The van der Waals surface area contributed by atoms with E-state index in [1.54, 1.807) is 0 Å². The second-order valence-corrected chi connectivity index (χ2v) is 5.14. The number of guanidine groups is 1. The number of nitrogens with one attached hydrogen (secondary N) is 1. The molecular weight excluding hydrogens is 264 g/mol. The summed E-state index contributed by atoms with van der Waals surface area (Å²) in [6.07, 6.45) is 2.47. The standard InChI is InChI=1S/C16H20N4O/c1-17-16(20-9-5-6-10-20)18-12-14-11-15(19-21-14)13-7-3-2-4-8-13/h2-4,7-8,11H,5-6,9-10,12H2,1H3,(H,17,18). The molecule has 1 saturated heterocycles. The quantitative estimate of drug-likeness (QED) is 0.695. The van der Waals surface area contributed by atoms with Gasteiger partial charge in [0.2, 0.25) is 0 Å². The topological polar surface area (TPSA) is 53.7 Å². The van der Waals surface area contributed by atoms with E-state index < -0.39 is 0 Å². The van der Waals surface area contributed by atoms with Crippen LogP contribution in [0.3, 0.4) is 0 Å². The average molecular weight is 284 g/mol. The van der Waals surface area contributed by atoms with Crippen molar-refractivity contribution >= 4 is 5.96 Å². The molecule has 1 fully saturated rings. The van der Waals surface area contributed by atoms with Crippen LogP contribution in [0.25, 0.3) is 11.3 Å². The maximum Gasteiger partial charge on any atom is 0.194 e. The first-order chi connectivity index (χ1) is 10.4. The fraction of sp³-hybridized carbons (Fsp3) is 0.375. The van der Waals surface area contributed by atoms with Crippen molar-refractivity contribution in [2.75, 3.05) is 20.1 Å². The lowest BCUT2D eigenvalue weighted by atomic mass is 10.1. The zero-order chi connectivity index (χ0) is 14.5. The van der Waals surface area contributed by atoms with E-state index in [1.165, 1.54) is 12.8 Å². The van der Waals surface area contributed by atoms with Crippen molar-refractivity contribution in [2.24, 2.45) is 4.99 Å². The molecule has 2 heterocycles. The molecule has 0 atom stereocenters. The van der Waals surface area contributed by atoms with Gasteiger partial charge in [-0.3, -0.25) is 4.99 Å². The van der Waals surface area contributed by atoms with E-state index in [0.29, 0.717) is 6.54 Å². The van der Waals surface area contributed by atoms with Crippen molar-refractivity contribution in [1.82, 2.24) is 15.4 Å². The van der Waals surface area contributed by atoms with E-state index in [4.69, 9.17) is 4.52 Å². The third kappa shape index (κ3) is 3.24. The van der Waals surface area contributed by atoms with E-state index in [1.807, 2.05) is 43.4 Å². The molecule has 1 aromatic heterocycles. The van der Waals surface area contributed by atoms with E-state index in [2.05, 4.69) is 20.4 Å². The van der Waals surface area contributed by atoms with Gasteiger partial charge in [0.25, 0.3) is 0 Å². The number of aromatic nitrogens is 1. The molecule has 0 radical (unpaired) electrons. The van der Waals surface area contributed by atoms with E-state index >= 15 is 0 Å². The maximum atomic E-state index is 5.39. The molecule has 5 nitrogen and oxygen atoms in total. The summed E-state index contributed by atoms with van der Waals surface area (Å²) in [7, 11) is 1.82. The van der Waals surface area contributed by atoms with Crippen molar-refractivity contribution in [3.63, 3.8) is 0 Å². The van der Waals surface area contributed by atoms with Crippen LogP contribution in [0.5, 0.6) is 0 Å². The summed E-state index contributed by atoms with van der Waals surface area (Å²) < 4.78 is 5.39. The smallest absolute Gasteiger partial charge is 0.194 e. The highest BCUT2D eigenvalue weighted by Gasteiger charge is 2.16. The van der Waals surface area contributed by atoms with Gasteiger partial charge >= 0.3 is 0 Å². The molecule has 1 N–H and O–H groups in total. The van der Waals surface area contributed by atoms with Crippen molar-refractivity contribution in [3.8, 4) is 11.3 Å². The summed E-state index contributed by atoms with van der Waals surface area (Å²) in [5.41, 5.74) is 1.93. The van der Waals surface area contributed by atoms with Crippen LogP contribution in [0.15, 0.2) is 45.9 Å². The van der Waals surface area contributed by atoms with Crippen LogP contribution >= 0.6 is 0 Å². The third-order valence-corrected chi connectivity index (χ3v) is 3.67. The molecule has 0 aliphatic carbocycles. The lowest BCUT2D eigenvalue weighted by Crippen LogP contribution is -2.39. The fourth-order valence-electron chi connectivity index (χ4n) is 2.57. The summed E-state index contributed by atoms with van der Waals surface area (Å²) in [4.78, 5) is 6.59. The highest BCUT2D eigenvalue weighted by Crippen LogP contribution is 2.18. The molecule has 21 heavy (non-hydrogen) atoms. The number of hydrogen-bond donors (Lipinski definition) is 1. The number of benzene rings is 1. The summed E-state index contributed by atoms with van der Waals surface area (Å²) in [5.74, 6) is 1.75. The Labute approximate surface area is 124 Å². The number of aliphatic imine (C=N–C) groups is 1. The molecule has 0 bridgehead atoms. The first-order valence-electron chi connectivity index (χ1n) is 7.33. The van der Waals surface area contributed by atoms with Crippen molar-refractivity contribution in [2.45, 2.75) is 19.4 Å². The SMILES string of the molecule is CN=C(NCc1cc(-c2ccccc2)no1)N1CCCC1. The molecule has 1 aliphatic rings. The Balaban J connectivity index is 1.62. The molecule has 1 aliphatic heterocycles. The predicted octanol–water partition coefficient (Wildman–Crippen LogP) is 2.51. The molecule has 1 aromatic carbocycles. The Kier molecular flexibility index (Phi) is 4.19. The van der Waals surface area contributed by atoms with Crippen molar-refractivity contribution < 1.29 is 4.52 Å². The summed E-state index contributed by atoms with van der Waals surface area (Å²) in [5, 5.41) is 7.45. The van der Waals surface area contributed by atoms with Gasteiger partial charge in [0.15, 0.2) is 11.7 Å². The molecule has 5 heteroatoms. The average Bonchev–Trinajstić information content (AvgIpc) is 3.20. The van der Waals surface area contributed by atoms with Gasteiger partial charge in [-0.05, 0) is 12.8 Å². The van der Waals surface area contributed by atoms with Crippen LogP contribution in [0.4, 0.5) is 0 Å². The number of hydrogen-bond acceptors (Lipinski definition) is 3. The van der Waals surface area contributed by atoms with Gasteiger partial charge in [0, 0.05) is 31.8 Å². The van der Waals surface area contributed by atoms with Gasteiger partial charge in [-0.1, -0.05) is 35.5 Å². The first-order valence-corrected chi connectivity index (χ1v) is 7.33. The lowest BCUT2D eigenvalue weighted by molar-refractivity contribution is 0.378. The van der Waals surface area contributed by atoms with Crippen LogP contribution in [-0.4, -0.2) is 36.2 Å². The highest BCUT2D eigenvalue weighted by molar-refractivity contribution is 5.80. The minimum absolute atomic E-state index is 0.600. The Morgan fingerprint density at radius 1 is 1.29 bits per heavy atom. The molecule has 3 rings (SSSR count). The Hall–Kier alpha value is -2.30. The van der Waals surface area contributed by atoms with E-state index in [9.17, 15) is 0 Å². The largest absolute Gasteiger partial charge is 0.359 e. The number of rotatable bonds is 3. The van der Waals surface area contributed by atoms with Gasteiger partial charge in [0.1, 0.15) is 5.69 Å². The second-order valence-electron chi connectivity index (χ2n) is 5.14. The van der Waals surface area contributed by atoms with E-state index in [-0.39, 0.29) is 0 Å². The van der Waals surface area contributed by atoms with Crippen LogP contribution in [0.1, 0.15) is 18.6 Å². The zero-order valence-corrected chi connectivity index (χ0v) is 12.2. The predicted molar refractivity (Wildman–Crippen MR) is 82.9 cm³/mol. The van der Waals surface area contributed by atoms with Gasteiger partial charge in [0.05, 0.1) is 6.54 Å². The number of nitrogens with zero attached hydrogens (tertiary/aromatic N) is 3. The van der Waals surface area contributed by atoms with Crippen molar-refractivity contribution in [1.29, 1.82) is 0 Å². The van der Waals surface area contributed by atoms with Gasteiger partial charge in [-0.2, -0.15) is 0 Å². The Bertz CT molecular complexity index is 600. The lowest BCUT2D eigenvalue weighted by Gasteiger charge is -2.20. The van der Waals surface area contributed by atoms with Crippen LogP contribution in [0.2, 0.25) is 0 Å². The summed E-state index contributed by atoms with van der Waals surface area (Å²) in [6.45, 7) is 2.75. The first kappa shape index (κ1) is 13.7. The van der Waals surface area contributed by atoms with Gasteiger partial charge in [-0.15, -0.1) is 0 Å². The molecule has 0 unspecified atom stereocenters. The molecule has 2 aromatic rings. The summed E-state index contributed by atoms with van der Waals surface area (Å²) >= 11 is 0. The number of likely N-dealkylation sites (tertiary alicyclic amines) is 1. The minimum atomic E-state index is 0.600. The highest BCUT2D eigenvalue weighted by atomic mass is 16.5. The maximum absolute atomic E-state index is 5.39. The normalized spacial score (nSPS) is 15.5. The third-order valence-electron chi connectivity index (χ3n) is 3.67. The monoisotopic (exact) mass is 284 g/mol. The molecule has 0 saturated carbocycles. The Morgan fingerprint density at radius 3 is 2.76 bits per heavy atom. The second kappa shape index (κ2) is 6.43. The molecule has 110 valence electrons. The molecule has 0 spiro atoms. The van der Waals surface area contributed by atoms with Crippen molar-refractivity contribution in [3.05, 3.63) is 42.2 Å². The van der Waals surface area contributed by atoms with Crippen LogP contribution in [0, 0.1) is 0 Å². The summed E-state index contributed by atoms with van der Waals surface area (Å²) in [6, 6.07) is 12.0. The minimum Gasteiger partial charge on any atom is -0.359 e. The molecular formula is C16H20N4O. The molecule has 0 amide bonds.